The number of carboxylic acid groups (broad SMARTS) is 1. The maximum Gasteiger partial charge on any atom is 0.339 e. The Bertz CT molecular complexity index is 476. The molecular formula is C21H33ClO3. The molecule has 1 aromatic carbocycles. The Kier molecular flexibility index (Phi) is 12.2. The van der Waals surface area contributed by atoms with Gasteiger partial charge in [0.15, 0.2) is 0 Å². The van der Waals surface area contributed by atoms with Crippen LogP contribution in [0.15, 0.2) is 24.3 Å². The third-order valence-electron chi connectivity index (χ3n) is 4.41. The molecule has 1 aromatic rings. The first-order valence-corrected chi connectivity index (χ1v) is 10.2. The summed E-state index contributed by atoms with van der Waals surface area (Å²) in [4.78, 5) is 11.1. The smallest absolute Gasteiger partial charge is 0.339 e. The molecule has 4 heteroatoms. The molecule has 0 aromatic heterocycles. The Labute approximate surface area is 157 Å². The topological polar surface area (TPSA) is 46.5 Å². The summed E-state index contributed by atoms with van der Waals surface area (Å²) in [7, 11) is 0. The predicted octanol–water partition coefficient (Wildman–Crippen LogP) is 6.68. The molecule has 1 unspecified atom stereocenters. The van der Waals surface area contributed by atoms with Crippen LogP contribution in [-0.2, 0) is 0 Å². The van der Waals surface area contributed by atoms with Crippen LogP contribution in [0.4, 0.5) is 0 Å². The van der Waals surface area contributed by atoms with Crippen molar-refractivity contribution in [2.75, 3.05) is 6.61 Å². The van der Waals surface area contributed by atoms with E-state index in [1.54, 1.807) is 24.3 Å². The van der Waals surface area contributed by atoms with Crippen LogP contribution in [-0.4, -0.2) is 23.1 Å². The number of ether oxygens (including phenoxy) is 1. The van der Waals surface area contributed by atoms with Crippen molar-refractivity contribution in [1.82, 2.24) is 0 Å². The minimum atomic E-state index is -0.976. The molecule has 0 saturated heterocycles. The van der Waals surface area contributed by atoms with E-state index in [1.807, 2.05) is 0 Å². The van der Waals surface area contributed by atoms with Crippen LogP contribution in [0.3, 0.4) is 0 Å². The van der Waals surface area contributed by atoms with Gasteiger partial charge in [-0.15, -0.1) is 11.6 Å². The summed E-state index contributed by atoms with van der Waals surface area (Å²) in [6.45, 7) is 2.60. The number of para-hydroxylation sites is 1. The third-order valence-corrected chi connectivity index (χ3v) is 4.75. The van der Waals surface area contributed by atoms with Crippen molar-refractivity contribution in [3.63, 3.8) is 0 Å². The van der Waals surface area contributed by atoms with Crippen LogP contribution >= 0.6 is 11.6 Å². The number of carbonyl (C=O) groups is 1. The molecule has 1 atom stereocenters. The van der Waals surface area contributed by atoms with Crippen molar-refractivity contribution in [2.45, 2.75) is 82.9 Å². The van der Waals surface area contributed by atoms with Gasteiger partial charge in [-0.1, -0.05) is 83.3 Å². The number of unbranched alkanes of at least 4 members (excludes halogenated alkanes) is 9. The average molecular weight is 369 g/mol. The molecule has 0 amide bonds. The standard InChI is InChI=1S/C21H33ClO3/c1-2-3-4-5-6-7-8-9-10-11-14-18(22)17-25-20-16-13-12-15-19(20)21(23)24/h12-13,15-16,18H,2-11,14,17H2,1H3,(H,23,24). The minimum absolute atomic E-state index is 0.0732. The Hall–Kier alpha value is -1.22. The summed E-state index contributed by atoms with van der Waals surface area (Å²) in [5, 5.41) is 9.05. The van der Waals surface area contributed by atoms with Gasteiger partial charge in [0, 0.05) is 0 Å². The maximum atomic E-state index is 11.1. The van der Waals surface area contributed by atoms with E-state index in [0.717, 1.165) is 12.8 Å². The van der Waals surface area contributed by atoms with E-state index in [9.17, 15) is 4.79 Å². The number of rotatable bonds is 15. The van der Waals surface area contributed by atoms with Crippen LogP contribution in [0.1, 0.15) is 87.9 Å². The number of hydrogen-bond donors (Lipinski definition) is 1. The zero-order valence-electron chi connectivity index (χ0n) is 15.5. The second kappa shape index (κ2) is 14.0. The zero-order valence-corrected chi connectivity index (χ0v) is 16.3. The number of halogens is 1. The molecule has 0 aliphatic heterocycles. The quantitative estimate of drug-likeness (QED) is 0.277. The summed E-state index contributed by atoms with van der Waals surface area (Å²) in [6, 6.07) is 6.68. The largest absolute Gasteiger partial charge is 0.491 e. The lowest BCUT2D eigenvalue weighted by molar-refractivity contribution is 0.0692. The number of alkyl halides is 1. The second-order valence-electron chi connectivity index (χ2n) is 6.68. The first-order valence-electron chi connectivity index (χ1n) is 9.74. The summed E-state index contributed by atoms with van der Waals surface area (Å²) in [5.74, 6) is -0.583. The van der Waals surface area contributed by atoms with Gasteiger partial charge in [-0.2, -0.15) is 0 Å². The second-order valence-corrected chi connectivity index (χ2v) is 7.30. The van der Waals surface area contributed by atoms with Crippen molar-refractivity contribution in [3.05, 3.63) is 29.8 Å². The molecule has 3 nitrogen and oxygen atoms in total. The predicted molar refractivity (Wildman–Crippen MR) is 105 cm³/mol. The molecule has 0 spiro atoms. The van der Waals surface area contributed by atoms with E-state index in [2.05, 4.69) is 6.92 Å². The molecule has 0 aliphatic carbocycles. The summed E-state index contributed by atoms with van der Waals surface area (Å²) >= 11 is 6.30. The fourth-order valence-electron chi connectivity index (χ4n) is 2.89. The molecule has 0 aliphatic rings. The van der Waals surface area contributed by atoms with Crippen molar-refractivity contribution < 1.29 is 14.6 Å². The highest BCUT2D eigenvalue weighted by Crippen LogP contribution is 2.20. The summed E-state index contributed by atoms with van der Waals surface area (Å²) in [6.07, 6.45) is 14.0. The molecule has 0 fully saturated rings. The number of hydrogen-bond acceptors (Lipinski definition) is 2. The zero-order chi connectivity index (χ0) is 18.3. The fraction of sp³-hybridized carbons (Fsp3) is 0.667. The van der Waals surface area contributed by atoms with Crippen LogP contribution in [0, 0.1) is 0 Å². The van der Waals surface area contributed by atoms with Gasteiger partial charge in [-0.3, -0.25) is 0 Å². The van der Waals surface area contributed by atoms with E-state index < -0.39 is 5.97 Å². The molecule has 0 heterocycles. The van der Waals surface area contributed by atoms with Crippen LogP contribution in [0.25, 0.3) is 0 Å². The van der Waals surface area contributed by atoms with E-state index >= 15 is 0 Å². The lowest BCUT2D eigenvalue weighted by Gasteiger charge is -2.13. The Morgan fingerprint density at radius 2 is 1.56 bits per heavy atom. The van der Waals surface area contributed by atoms with Gasteiger partial charge >= 0.3 is 5.97 Å². The monoisotopic (exact) mass is 368 g/mol. The number of carboxylic acids is 1. The molecular weight excluding hydrogens is 336 g/mol. The lowest BCUT2D eigenvalue weighted by atomic mass is 10.1. The van der Waals surface area contributed by atoms with Crippen molar-refractivity contribution in [1.29, 1.82) is 0 Å². The lowest BCUT2D eigenvalue weighted by Crippen LogP contribution is -2.13. The summed E-state index contributed by atoms with van der Waals surface area (Å²) in [5.41, 5.74) is 0.185. The van der Waals surface area contributed by atoms with E-state index in [1.165, 1.54) is 57.8 Å². The van der Waals surface area contributed by atoms with Crippen molar-refractivity contribution in [2.24, 2.45) is 0 Å². The average Bonchev–Trinajstić information content (AvgIpc) is 2.61. The Morgan fingerprint density at radius 3 is 2.16 bits per heavy atom. The molecule has 0 saturated carbocycles. The van der Waals surface area contributed by atoms with Crippen LogP contribution in [0.2, 0.25) is 0 Å². The molecule has 1 N–H and O–H groups in total. The highest BCUT2D eigenvalue weighted by atomic mass is 35.5. The summed E-state index contributed by atoms with van der Waals surface area (Å²) < 4.78 is 5.59. The molecule has 0 radical (unpaired) electrons. The Balaban J connectivity index is 2.04. The van der Waals surface area contributed by atoms with Crippen molar-refractivity contribution >= 4 is 17.6 Å². The molecule has 1 rings (SSSR count). The normalized spacial score (nSPS) is 12.1. The minimum Gasteiger partial charge on any atom is -0.491 e. The number of aromatic carboxylic acids is 1. The van der Waals surface area contributed by atoms with E-state index in [4.69, 9.17) is 21.4 Å². The third kappa shape index (κ3) is 10.4. The Morgan fingerprint density at radius 1 is 1.00 bits per heavy atom. The van der Waals surface area contributed by atoms with E-state index in [-0.39, 0.29) is 10.9 Å². The first kappa shape index (κ1) is 21.8. The van der Waals surface area contributed by atoms with Gasteiger partial charge in [0.2, 0.25) is 0 Å². The van der Waals surface area contributed by atoms with Gasteiger partial charge in [-0.25, -0.2) is 4.79 Å². The number of benzene rings is 1. The first-order chi connectivity index (χ1) is 12.1. The molecule has 142 valence electrons. The highest BCUT2D eigenvalue weighted by molar-refractivity contribution is 6.20. The SMILES string of the molecule is CCCCCCCCCCCCC(Cl)COc1ccccc1C(=O)O. The van der Waals surface area contributed by atoms with Crippen LogP contribution in [0.5, 0.6) is 5.75 Å². The van der Waals surface area contributed by atoms with Gasteiger partial charge in [0.05, 0.1) is 5.38 Å². The fourth-order valence-corrected chi connectivity index (χ4v) is 3.10. The molecule has 0 bridgehead atoms. The van der Waals surface area contributed by atoms with Gasteiger partial charge in [-0.05, 0) is 18.6 Å². The van der Waals surface area contributed by atoms with Gasteiger partial charge < -0.3 is 9.84 Å². The van der Waals surface area contributed by atoms with Crippen LogP contribution < -0.4 is 4.74 Å². The highest BCUT2D eigenvalue weighted by Gasteiger charge is 2.12. The molecule has 25 heavy (non-hydrogen) atoms. The maximum absolute atomic E-state index is 11.1. The van der Waals surface area contributed by atoms with Crippen molar-refractivity contribution in [3.8, 4) is 5.75 Å². The van der Waals surface area contributed by atoms with E-state index in [0.29, 0.717) is 12.4 Å². The van der Waals surface area contributed by atoms with Gasteiger partial charge in [0.1, 0.15) is 17.9 Å². The van der Waals surface area contributed by atoms with Gasteiger partial charge in [0.25, 0.3) is 0 Å².